The minimum Gasteiger partial charge on any atom is -0.396 e. The van der Waals surface area contributed by atoms with Gasteiger partial charge in [0.05, 0.1) is 31.1 Å². The third kappa shape index (κ3) is 5.18. The summed E-state index contributed by atoms with van der Waals surface area (Å²) in [6.45, 7) is 5.90. The second-order valence-corrected chi connectivity index (χ2v) is 4.84. The molecule has 0 saturated carbocycles. The van der Waals surface area contributed by atoms with Crippen LogP contribution in [0.1, 0.15) is 26.7 Å². The molecule has 6 nitrogen and oxygen atoms in total. The van der Waals surface area contributed by atoms with Crippen molar-refractivity contribution in [2.24, 2.45) is 0 Å². The Bertz CT molecular complexity index is 352. The molecule has 110 valence electrons. The lowest BCUT2D eigenvalue weighted by atomic mass is 10.1. The molecule has 1 aromatic heterocycles. The van der Waals surface area contributed by atoms with Crippen LogP contribution in [0.5, 0.6) is 0 Å². The van der Waals surface area contributed by atoms with Crippen molar-refractivity contribution in [3.8, 4) is 0 Å². The summed E-state index contributed by atoms with van der Waals surface area (Å²) >= 11 is 0. The highest BCUT2D eigenvalue weighted by atomic mass is 16.3. The third-order valence-electron chi connectivity index (χ3n) is 3.34. The Morgan fingerprint density at radius 2 is 2.11 bits per heavy atom. The molecule has 0 aromatic carbocycles. The van der Waals surface area contributed by atoms with Crippen molar-refractivity contribution >= 4 is 5.69 Å². The van der Waals surface area contributed by atoms with E-state index >= 15 is 0 Å². The molecule has 6 heteroatoms. The summed E-state index contributed by atoms with van der Waals surface area (Å²) in [5.74, 6) is 0. The van der Waals surface area contributed by atoms with Gasteiger partial charge in [-0.3, -0.25) is 9.58 Å². The number of hydrogen-bond donors (Lipinski definition) is 3. The number of nitrogen functional groups attached to an aromatic ring is 1. The van der Waals surface area contributed by atoms with Gasteiger partial charge in [-0.25, -0.2) is 0 Å². The molecule has 0 fully saturated rings. The lowest BCUT2D eigenvalue weighted by Crippen LogP contribution is -2.42. The molecule has 1 rings (SSSR count). The molecule has 1 unspecified atom stereocenters. The van der Waals surface area contributed by atoms with Gasteiger partial charge < -0.3 is 15.9 Å². The Morgan fingerprint density at radius 1 is 1.42 bits per heavy atom. The van der Waals surface area contributed by atoms with E-state index in [1.807, 2.05) is 0 Å². The van der Waals surface area contributed by atoms with Crippen molar-refractivity contribution in [2.75, 3.05) is 25.4 Å². The third-order valence-corrected chi connectivity index (χ3v) is 3.34. The standard InChI is InChI=1S/C13H26N4O2/c1-3-12(4-2)16(5-6-18)9-13(19)10-17-8-11(14)7-15-17/h7-8,12-13,18-19H,3-6,9-10,14H2,1-2H3. The van der Waals surface area contributed by atoms with Gasteiger partial charge in [0.25, 0.3) is 0 Å². The van der Waals surface area contributed by atoms with Crippen LogP contribution in [0.4, 0.5) is 5.69 Å². The maximum atomic E-state index is 10.1. The number of aliphatic hydroxyl groups is 2. The van der Waals surface area contributed by atoms with Crippen LogP contribution in [-0.2, 0) is 6.54 Å². The summed E-state index contributed by atoms with van der Waals surface area (Å²) in [5, 5.41) is 23.3. The molecular formula is C13H26N4O2. The molecule has 0 spiro atoms. The van der Waals surface area contributed by atoms with E-state index in [9.17, 15) is 5.11 Å². The summed E-state index contributed by atoms with van der Waals surface area (Å²) < 4.78 is 1.64. The van der Waals surface area contributed by atoms with Crippen LogP contribution < -0.4 is 5.73 Å². The van der Waals surface area contributed by atoms with Crippen molar-refractivity contribution in [1.82, 2.24) is 14.7 Å². The number of anilines is 1. The molecule has 1 atom stereocenters. The zero-order valence-corrected chi connectivity index (χ0v) is 11.9. The molecule has 0 aliphatic carbocycles. The first-order chi connectivity index (χ1) is 9.10. The van der Waals surface area contributed by atoms with Crippen LogP contribution in [-0.4, -0.2) is 56.7 Å². The summed E-state index contributed by atoms with van der Waals surface area (Å²) in [5.41, 5.74) is 6.18. The van der Waals surface area contributed by atoms with Crippen LogP contribution in [0.15, 0.2) is 12.4 Å². The number of nitrogens with zero attached hydrogens (tertiary/aromatic N) is 3. The van der Waals surface area contributed by atoms with Gasteiger partial charge in [-0.2, -0.15) is 5.10 Å². The van der Waals surface area contributed by atoms with E-state index in [4.69, 9.17) is 10.8 Å². The predicted molar refractivity (Wildman–Crippen MR) is 75.7 cm³/mol. The van der Waals surface area contributed by atoms with Crippen molar-refractivity contribution in [3.05, 3.63) is 12.4 Å². The first-order valence-corrected chi connectivity index (χ1v) is 6.91. The van der Waals surface area contributed by atoms with Gasteiger partial charge in [0.15, 0.2) is 0 Å². The van der Waals surface area contributed by atoms with E-state index in [0.29, 0.717) is 31.4 Å². The monoisotopic (exact) mass is 270 g/mol. The Balaban J connectivity index is 2.52. The maximum Gasteiger partial charge on any atom is 0.0862 e. The summed E-state index contributed by atoms with van der Waals surface area (Å²) in [6.07, 6.45) is 4.78. The molecule has 0 radical (unpaired) electrons. The topological polar surface area (TPSA) is 87.5 Å². The predicted octanol–water partition coefficient (Wildman–Crippen LogP) is 0.309. The lowest BCUT2D eigenvalue weighted by molar-refractivity contribution is 0.0592. The Morgan fingerprint density at radius 3 is 2.58 bits per heavy atom. The minimum absolute atomic E-state index is 0.109. The fourth-order valence-electron chi connectivity index (χ4n) is 2.38. The van der Waals surface area contributed by atoms with Crippen LogP contribution >= 0.6 is 0 Å². The number of nitrogens with two attached hydrogens (primary N) is 1. The lowest BCUT2D eigenvalue weighted by Gasteiger charge is -2.31. The first-order valence-electron chi connectivity index (χ1n) is 6.91. The average Bonchev–Trinajstić information content (AvgIpc) is 2.76. The molecule has 1 aromatic rings. The molecule has 0 saturated heterocycles. The quantitative estimate of drug-likeness (QED) is 0.601. The van der Waals surface area contributed by atoms with Gasteiger partial charge >= 0.3 is 0 Å². The normalized spacial score (nSPS) is 13.4. The molecule has 4 N–H and O–H groups in total. The summed E-state index contributed by atoms with van der Waals surface area (Å²) in [7, 11) is 0. The fourth-order valence-corrected chi connectivity index (χ4v) is 2.38. The molecular weight excluding hydrogens is 244 g/mol. The molecule has 0 bridgehead atoms. The van der Waals surface area contributed by atoms with Crippen molar-refractivity contribution in [1.29, 1.82) is 0 Å². The highest BCUT2D eigenvalue weighted by Crippen LogP contribution is 2.10. The maximum absolute atomic E-state index is 10.1. The van der Waals surface area contributed by atoms with Crippen LogP contribution in [0, 0.1) is 0 Å². The van der Waals surface area contributed by atoms with E-state index in [1.54, 1.807) is 17.1 Å². The van der Waals surface area contributed by atoms with Gasteiger partial charge in [-0.15, -0.1) is 0 Å². The second-order valence-electron chi connectivity index (χ2n) is 4.84. The number of aliphatic hydroxyl groups excluding tert-OH is 2. The van der Waals surface area contributed by atoms with Crippen molar-refractivity contribution in [3.63, 3.8) is 0 Å². The molecule has 19 heavy (non-hydrogen) atoms. The van der Waals surface area contributed by atoms with Gasteiger partial charge in [0.2, 0.25) is 0 Å². The van der Waals surface area contributed by atoms with Crippen LogP contribution in [0.25, 0.3) is 0 Å². The van der Waals surface area contributed by atoms with Gasteiger partial charge in [0.1, 0.15) is 0 Å². The number of hydrogen-bond acceptors (Lipinski definition) is 5. The zero-order valence-electron chi connectivity index (χ0n) is 11.9. The number of rotatable bonds is 9. The zero-order chi connectivity index (χ0) is 14.3. The van der Waals surface area contributed by atoms with E-state index in [1.165, 1.54) is 0 Å². The first kappa shape index (κ1) is 15.9. The molecule has 0 aliphatic heterocycles. The molecule has 1 heterocycles. The fraction of sp³-hybridized carbons (Fsp3) is 0.769. The Hall–Kier alpha value is -1.11. The number of aromatic nitrogens is 2. The molecule has 0 amide bonds. The largest absolute Gasteiger partial charge is 0.396 e. The van der Waals surface area contributed by atoms with Crippen LogP contribution in [0.3, 0.4) is 0 Å². The van der Waals surface area contributed by atoms with E-state index in [2.05, 4.69) is 23.8 Å². The highest BCUT2D eigenvalue weighted by Gasteiger charge is 2.18. The Kier molecular flexibility index (Phi) is 6.83. The van der Waals surface area contributed by atoms with Crippen LogP contribution in [0.2, 0.25) is 0 Å². The van der Waals surface area contributed by atoms with E-state index < -0.39 is 6.10 Å². The van der Waals surface area contributed by atoms with Gasteiger partial charge in [0, 0.05) is 25.3 Å². The summed E-state index contributed by atoms with van der Waals surface area (Å²) in [4.78, 5) is 2.14. The minimum atomic E-state index is -0.522. The van der Waals surface area contributed by atoms with Crippen molar-refractivity contribution < 1.29 is 10.2 Å². The van der Waals surface area contributed by atoms with E-state index in [-0.39, 0.29) is 6.61 Å². The van der Waals surface area contributed by atoms with Gasteiger partial charge in [-0.1, -0.05) is 13.8 Å². The summed E-state index contributed by atoms with van der Waals surface area (Å²) in [6, 6.07) is 0.393. The Labute approximate surface area is 114 Å². The van der Waals surface area contributed by atoms with Gasteiger partial charge in [-0.05, 0) is 12.8 Å². The second kappa shape index (κ2) is 8.14. The molecule has 0 aliphatic rings. The highest BCUT2D eigenvalue weighted by molar-refractivity contribution is 5.30. The van der Waals surface area contributed by atoms with Crippen molar-refractivity contribution in [2.45, 2.75) is 45.4 Å². The SMILES string of the molecule is CCC(CC)N(CCO)CC(O)Cn1cc(N)cn1. The van der Waals surface area contributed by atoms with E-state index in [0.717, 1.165) is 12.8 Å². The average molecular weight is 270 g/mol. The smallest absolute Gasteiger partial charge is 0.0862 e.